The first-order chi connectivity index (χ1) is 10.1. The lowest BCUT2D eigenvalue weighted by atomic mass is 10.1. The highest BCUT2D eigenvalue weighted by Gasteiger charge is 2.13. The number of amides is 1. The lowest BCUT2D eigenvalue weighted by Gasteiger charge is -2.18. The van der Waals surface area contributed by atoms with Gasteiger partial charge in [0.15, 0.2) is 0 Å². The third-order valence-electron chi connectivity index (χ3n) is 3.06. The maximum absolute atomic E-state index is 12.2. The number of hydrogen-bond donors (Lipinski definition) is 2. The average molecular weight is 286 g/mol. The molecule has 0 spiro atoms. The highest BCUT2D eigenvalue weighted by atomic mass is 16.5. The number of para-hydroxylation sites is 1. The minimum Gasteiger partial charge on any atom is -0.506 e. The predicted molar refractivity (Wildman–Crippen MR) is 81.4 cm³/mol. The van der Waals surface area contributed by atoms with Crippen molar-refractivity contribution in [1.29, 1.82) is 0 Å². The van der Waals surface area contributed by atoms with E-state index in [9.17, 15) is 9.90 Å². The first kappa shape index (κ1) is 14.7. The molecule has 21 heavy (non-hydrogen) atoms. The molecule has 0 aliphatic heterocycles. The van der Waals surface area contributed by atoms with Crippen LogP contribution in [0.1, 0.15) is 10.4 Å². The van der Waals surface area contributed by atoms with Gasteiger partial charge in [0, 0.05) is 12.6 Å². The van der Waals surface area contributed by atoms with Crippen LogP contribution in [0.2, 0.25) is 0 Å². The SMILES string of the molecule is CN(CCOc1ccccc1)C(=O)c1ccc(N)c(O)c1. The molecule has 2 aromatic rings. The Labute approximate surface area is 123 Å². The number of anilines is 1. The van der Waals surface area contributed by atoms with Crippen LogP contribution in [-0.4, -0.2) is 36.1 Å². The maximum Gasteiger partial charge on any atom is 0.253 e. The first-order valence-corrected chi connectivity index (χ1v) is 6.59. The van der Waals surface area contributed by atoms with E-state index in [1.807, 2.05) is 30.3 Å². The van der Waals surface area contributed by atoms with Crippen molar-refractivity contribution >= 4 is 11.6 Å². The van der Waals surface area contributed by atoms with Crippen LogP contribution in [0.15, 0.2) is 48.5 Å². The van der Waals surface area contributed by atoms with Crippen LogP contribution in [0.4, 0.5) is 5.69 Å². The van der Waals surface area contributed by atoms with Crippen LogP contribution in [0.25, 0.3) is 0 Å². The fraction of sp³-hybridized carbons (Fsp3) is 0.188. The zero-order chi connectivity index (χ0) is 15.2. The smallest absolute Gasteiger partial charge is 0.253 e. The van der Waals surface area contributed by atoms with Crippen LogP contribution < -0.4 is 10.5 Å². The van der Waals surface area contributed by atoms with E-state index in [4.69, 9.17) is 10.5 Å². The molecule has 0 fully saturated rings. The number of hydrogen-bond acceptors (Lipinski definition) is 4. The van der Waals surface area contributed by atoms with Crippen molar-refractivity contribution in [2.24, 2.45) is 0 Å². The van der Waals surface area contributed by atoms with Crippen molar-refractivity contribution in [3.63, 3.8) is 0 Å². The Hall–Kier alpha value is -2.69. The van der Waals surface area contributed by atoms with Crippen molar-refractivity contribution in [1.82, 2.24) is 4.90 Å². The van der Waals surface area contributed by atoms with Gasteiger partial charge in [-0.1, -0.05) is 18.2 Å². The summed E-state index contributed by atoms with van der Waals surface area (Å²) in [5.41, 5.74) is 6.16. The third-order valence-corrected chi connectivity index (χ3v) is 3.06. The molecular weight excluding hydrogens is 268 g/mol. The zero-order valence-corrected chi connectivity index (χ0v) is 11.8. The standard InChI is InChI=1S/C16H18N2O3/c1-18(9-10-21-13-5-3-2-4-6-13)16(20)12-7-8-14(17)15(19)11-12/h2-8,11,19H,9-10,17H2,1H3. The van der Waals surface area contributed by atoms with Crippen molar-refractivity contribution in [3.8, 4) is 11.5 Å². The van der Waals surface area contributed by atoms with Crippen LogP contribution >= 0.6 is 0 Å². The predicted octanol–water partition coefficient (Wildman–Crippen LogP) is 2.13. The van der Waals surface area contributed by atoms with Gasteiger partial charge in [0.05, 0.1) is 12.2 Å². The Bertz CT molecular complexity index is 614. The van der Waals surface area contributed by atoms with Crippen LogP contribution in [0, 0.1) is 0 Å². The van der Waals surface area contributed by atoms with Gasteiger partial charge in [0.25, 0.3) is 5.91 Å². The summed E-state index contributed by atoms with van der Waals surface area (Å²) >= 11 is 0. The van der Waals surface area contributed by atoms with Crippen molar-refractivity contribution in [2.45, 2.75) is 0 Å². The fourth-order valence-electron chi connectivity index (χ4n) is 1.82. The molecule has 0 radical (unpaired) electrons. The molecule has 2 rings (SSSR count). The van der Waals surface area contributed by atoms with Gasteiger partial charge in [0.1, 0.15) is 18.1 Å². The number of phenols is 1. The van der Waals surface area contributed by atoms with E-state index in [0.29, 0.717) is 18.7 Å². The number of ether oxygens (including phenoxy) is 1. The molecule has 0 heterocycles. The van der Waals surface area contributed by atoms with Gasteiger partial charge in [-0.25, -0.2) is 0 Å². The summed E-state index contributed by atoms with van der Waals surface area (Å²) in [5, 5.41) is 9.54. The summed E-state index contributed by atoms with van der Waals surface area (Å²) in [5.74, 6) is 0.486. The number of likely N-dealkylation sites (N-methyl/N-ethyl adjacent to an activating group) is 1. The number of carbonyl (C=O) groups excluding carboxylic acids is 1. The Morgan fingerprint density at radius 3 is 2.62 bits per heavy atom. The third kappa shape index (κ3) is 3.89. The number of nitrogens with two attached hydrogens (primary N) is 1. The number of benzene rings is 2. The van der Waals surface area contributed by atoms with E-state index < -0.39 is 0 Å². The number of phenolic OH excluding ortho intramolecular Hbond substituents is 1. The molecule has 0 bridgehead atoms. The van der Waals surface area contributed by atoms with Crippen LogP contribution in [-0.2, 0) is 0 Å². The number of nitrogen functional groups attached to an aromatic ring is 1. The van der Waals surface area contributed by atoms with Crippen molar-refractivity contribution in [3.05, 3.63) is 54.1 Å². The van der Waals surface area contributed by atoms with E-state index >= 15 is 0 Å². The Balaban J connectivity index is 1.89. The minimum absolute atomic E-state index is 0.0882. The van der Waals surface area contributed by atoms with E-state index in [1.165, 1.54) is 17.0 Å². The lowest BCUT2D eigenvalue weighted by molar-refractivity contribution is 0.0773. The van der Waals surface area contributed by atoms with Crippen molar-refractivity contribution in [2.75, 3.05) is 25.9 Å². The molecule has 0 atom stereocenters. The van der Waals surface area contributed by atoms with Gasteiger partial charge in [-0.05, 0) is 30.3 Å². The molecule has 0 unspecified atom stereocenters. The number of carbonyl (C=O) groups is 1. The second-order valence-electron chi connectivity index (χ2n) is 4.66. The minimum atomic E-state index is -0.193. The monoisotopic (exact) mass is 286 g/mol. The molecule has 110 valence electrons. The highest BCUT2D eigenvalue weighted by Crippen LogP contribution is 2.21. The van der Waals surface area contributed by atoms with Crippen LogP contribution in [0.5, 0.6) is 11.5 Å². The molecule has 0 aromatic heterocycles. The van der Waals surface area contributed by atoms with E-state index in [-0.39, 0.29) is 17.3 Å². The quantitative estimate of drug-likeness (QED) is 0.652. The fourth-order valence-corrected chi connectivity index (χ4v) is 1.82. The summed E-state index contributed by atoms with van der Waals surface area (Å²) in [6.45, 7) is 0.839. The summed E-state index contributed by atoms with van der Waals surface area (Å²) in [6, 6.07) is 13.9. The molecule has 5 nitrogen and oxygen atoms in total. The van der Waals surface area contributed by atoms with Gasteiger partial charge >= 0.3 is 0 Å². The van der Waals surface area contributed by atoms with E-state index in [1.54, 1.807) is 13.1 Å². The molecule has 0 saturated heterocycles. The molecular formula is C16H18N2O3. The van der Waals surface area contributed by atoms with Gasteiger partial charge in [-0.2, -0.15) is 0 Å². The molecule has 5 heteroatoms. The summed E-state index contributed by atoms with van der Waals surface area (Å²) in [6.07, 6.45) is 0. The highest BCUT2D eigenvalue weighted by molar-refractivity contribution is 5.95. The number of nitrogens with zero attached hydrogens (tertiary/aromatic N) is 1. The normalized spacial score (nSPS) is 10.1. The second kappa shape index (κ2) is 6.65. The van der Waals surface area contributed by atoms with Crippen molar-refractivity contribution < 1.29 is 14.6 Å². The van der Waals surface area contributed by atoms with Gasteiger partial charge in [-0.15, -0.1) is 0 Å². The average Bonchev–Trinajstić information content (AvgIpc) is 2.50. The Kier molecular flexibility index (Phi) is 4.66. The molecule has 0 saturated carbocycles. The Morgan fingerprint density at radius 2 is 1.95 bits per heavy atom. The number of rotatable bonds is 5. The lowest BCUT2D eigenvalue weighted by Crippen LogP contribution is -2.30. The number of aromatic hydroxyl groups is 1. The molecule has 2 aromatic carbocycles. The van der Waals surface area contributed by atoms with E-state index in [2.05, 4.69) is 0 Å². The molecule has 0 aliphatic rings. The Morgan fingerprint density at radius 1 is 1.24 bits per heavy atom. The zero-order valence-electron chi connectivity index (χ0n) is 11.8. The maximum atomic E-state index is 12.2. The van der Waals surface area contributed by atoms with Gasteiger partial charge < -0.3 is 20.5 Å². The van der Waals surface area contributed by atoms with Gasteiger partial charge in [0.2, 0.25) is 0 Å². The molecule has 3 N–H and O–H groups in total. The van der Waals surface area contributed by atoms with Crippen LogP contribution in [0.3, 0.4) is 0 Å². The summed E-state index contributed by atoms with van der Waals surface area (Å²) < 4.78 is 5.54. The van der Waals surface area contributed by atoms with E-state index in [0.717, 1.165) is 5.75 Å². The topological polar surface area (TPSA) is 75.8 Å². The molecule has 0 aliphatic carbocycles. The van der Waals surface area contributed by atoms with Gasteiger partial charge in [-0.3, -0.25) is 4.79 Å². The first-order valence-electron chi connectivity index (χ1n) is 6.59. The second-order valence-corrected chi connectivity index (χ2v) is 4.66. The summed E-state index contributed by atoms with van der Waals surface area (Å²) in [4.78, 5) is 13.7. The summed E-state index contributed by atoms with van der Waals surface area (Å²) in [7, 11) is 1.68. The molecule has 1 amide bonds. The largest absolute Gasteiger partial charge is 0.506 e.